The van der Waals surface area contributed by atoms with Crippen LogP contribution in [0.4, 0.5) is 10.2 Å². The molecule has 4 atom stereocenters. The molecule has 1 aliphatic rings. The van der Waals surface area contributed by atoms with Gasteiger partial charge >= 0.3 is 5.69 Å². The lowest BCUT2D eigenvalue weighted by molar-refractivity contribution is -0.0459. The van der Waals surface area contributed by atoms with Gasteiger partial charge in [0.2, 0.25) is 0 Å². The van der Waals surface area contributed by atoms with Gasteiger partial charge in [-0.25, -0.2) is 14.2 Å². The highest BCUT2D eigenvalue weighted by Crippen LogP contribution is 2.33. The number of nitrogen functional groups attached to an aromatic ring is 1. The van der Waals surface area contributed by atoms with Crippen LogP contribution in [0.5, 0.6) is 0 Å². The number of aliphatic hydroxyl groups excluding tert-OH is 2. The van der Waals surface area contributed by atoms with Gasteiger partial charge in [0, 0.05) is 0 Å². The lowest BCUT2D eigenvalue weighted by Gasteiger charge is -2.14. The smallest absolute Gasteiger partial charge is 0.348 e. The van der Waals surface area contributed by atoms with Gasteiger partial charge in [0.15, 0.2) is 18.0 Å². The van der Waals surface area contributed by atoms with Crippen LogP contribution in [0.15, 0.2) is 11.1 Å². The summed E-state index contributed by atoms with van der Waals surface area (Å²) < 4.78 is 20.4. The van der Waals surface area contributed by atoms with Crippen molar-refractivity contribution in [1.29, 1.82) is 0 Å². The number of ether oxygens (including phenoxy) is 1. The highest BCUT2D eigenvalue weighted by Gasteiger charge is 2.45. The van der Waals surface area contributed by atoms with Gasteiger partial charge in [-0.05, 0) is 0 Å². The Morgan fingerprint density at radius 2 is 2.35 bits per heavy atom. The number of anilines is 1. The number of nitrogens with one attached hydrogen (secondary N) is 1. The zero-order chi connectivity index (χ0) is 14.4. The Morgan fingerprint density at radius 3 is 3.00 bits per heavy atom. The number of aromatic amines is 1. The molecule has 0 radical (unpaired) electrons. The fourth-order valence-electron chi connectivity index (χ4n) is 2.22. The zero-order valence-corrected chi connectivity index (χ0v) is 10.1. The number of fused-ring (bicyclic) bond motifs is 1. The average molecular weight is 285 g/mol. The summed E-state index contributed by atoms with van der Waals surface area (Å²) >= 11 is 0. The molecule has 1 fully saturated rings. The molecule has 108 valence electrons. The van der Waals surface area contributed by atoms with E-state index in [2.05, 4.69) is 15.0 Å². The van der Waals surface area contributed by atoms with E-state index in [-0.39, 0.29) is 17.0 Å². The molecule has 1 unspecified atom stereocenters. The lowest BCUT2D eigenvalue weighted by atomic mass is 10.1. The van der Waals surface area contributed by atoms with Crippen LogP contribution in [-0.4, -0.2) is 54.7 Å². The first-order valence-corrected chi connectivity index (χ1v) is 5.83. The topological polar surface area (TPSA) is 139 Å². The van der Waals surface area contributed by atoms with Crippen LogP contribution in [0.2, 0.25) is 0 Å². The molecular formula is C10H12FN5O4. The Hall–Kier alpha value is -2.04. The Morgan fingerprint density at radius 1 is 1.60 bits per heavy atom. The quantitative estimate of drug-likeness (QED) is 0.515. The van der Waals surface area contributed by atoms with E-state index in [0.29, 0.717) is 0 Å². The largest absolute Gasteiger partial charge is 0.394 e. The molecule has 20 heavy (non-hydrogen) atoms. The van der Waals surface area contributed by atoms with Gasteiger partial charge in [-0.2, -0.15) is 4.98 Å². The van der Waals surface area contributed by atoms with E-state index in [1.165, 1.54) is 10.9 Å². The number of aliphatic hydroxyl groups is 2. The molecule has 0 aromatic carbocycles. The van der Waals surface area contributed by atoms with E-state index in [4.69, 9.17) is 15.6 Å². The first kappa shape index (κ1) is 13.0. The van der Waals surface area contributed by atoms with Crippen LogP contribution >= 0.6 is 0 Å². The second kappa shape index (κ2) is 4.51. The number of nitrogens with zero attached hydrogens (tertiary/aromatic N) is 3. The number of rotatable bonds is 2. The Labute approximate surface area is 110 Å². The summed E-state index contributed by atoms with van der Waals surface area (Å²) in [6.07, 6.45) is -4.33. The molecule has 0 amide bonds. The Bertz CT molecular complexity index is 701. The highest BCUT2D eigenvalue weighted by atomic mass is 19.1. The molecule has 3 rings (SSSR count). The first-order valence-electron chi connectivity index (χ1n) is 5.83. The third-order valence-corrected chi connectivity index (χ3v) is 3.22. The Balaban J connectivity index is 2.09. The van der Waals surface area contributed by atoms with Crippen molar-refractivity contribution in [1.82, 2.24) is 19.5 Å². The van der Waals surface area contributed by atoms with Crippen LogP contribution in [-0.2, 0) is 4.74 Å². The summed E-state index contributed by atoms with van der Waals surface area (Å²) in [4.78, 5) is 21.2. The van der Waals surface area contributed by atoms with Gasteiger partial charge in [0.05, 0.1) is 12.9 Å². The molecule has 0 spiro atoms. The third-order valence-electron chi connectivity index (χ3n) is 3.22. The fourth-order valence-corrected chi connectivity index (χ4v) is 2.22. The van der Waals surface area contributed by atoms with Crippen molar-refractivity contribution in [3.63, 3.8) is 0 Å². The average Bonchev–Trinajstić information content (AvgIpc) is 2.93. The molecule has 9 nitrogen and oxygen atoms in total. The predicted molar refractivity (Wildman–Crippen MR) is 64.5 cm³/mol. The van der Waals surface area contributed by atoms with E-state index < -0.39 is 36.9 Å². The SMILES string of the molecule is Nc1[nH]c(=O)nc2c1ncn2[C@@H]1O[C@H](CO)[C@H](O)C1F. The number of alkyl halides is 1. The molecule has 0 saturated carbocycles. The van der Waals surface area contributed by atoms with Crippen LogP contribution in [0.1, 0.15) is 6.23 Å². The van der Waals surface area contributed by atoms with Crippen LogP contribution < -0.4 is 11.4 Å². The maximum Gasteiger partial charge on any atom is 0.348 e. The van der Waals surface area contributed by atoms with Crippen molar-refractivity contribution < 1.29 is 19.3 Å². The van der Waals surface area contributed by atoms with Crippen LogP contribution in [0.3, 0.4) is 0 Å². The highest BCUT2D eigenvalue weighted by molar-refractivity contribution is 5.81. The summed E-state index contributed by atoms with van der Waals surface area (Å²) in [6.45, 7) is -0.527. The number of aromatic nitrogens is 4. The molecule has 5 N–H and O–H groups in total. The predicted octanol–water partition coefficient (Wildman–Crippen LogP) is -1.71. The minimum Gasteiger partial charge on any atom is -0.394 e. The minimum absolute atomic E-state index is 0.00594. The summed E-state index contributed by atoms with van der Waals surface area (Å²) in [5.41, 5.74) is 5.13. The van der Waals surface area contributed by atoms with Gasteiger partial charge in [-0.3, -0.25) is 9.55 Å². The maximum absolute atomic E-state index is 14.0. The van der Waals surface area contributed by atoms with E-state index in [1.807, 2.05) is 0 Å². The second-order valence-electron chi connectivity index (χ2n) is 4.46. The van der Waals surface area contributed by atoms with E-state index in [0.717, 1.165) is 0 Å². The summed E-state index contributed by atoms with van der Waals surface area (Å²) in [6, 6.07) is 0. The number of hydrogen-bond acceptors (Lipinski definition) is 7. The van der Waals surface area contributed by atoms with E-state index in [9.17, 15) is 14.3 Å². The number of imidazole rings is 1. The van der Waals surface area contributed by atoms with Crippen molar-refractivity contribution in [2.24, 2.45) is 0 Å². The van der Waals surface area contributed by atoms with E-state index >= 15 is 0 Å². The van der Waals surface area contributed by atoms with Crippen molar-refractivity contribution in [2.45, 2.75) is 24.6 Å². The minimum atomic E-state index is -1.79. The monoisotopic (exact) mass is 285 g/mol. The normalized spacial score (nSPS) is 30.1. The maximum atomic E-state index is 14.0. The van der Waals surface area contributed by atoms with Gasteiger partial charge < -0.3 is 20.7 Å². The van der Waals surface area contributed by atoms with Crippen molar-refractivity contribution in [3.05, 3.63) is 16.8 Å². The fraction of sp³-hybridized carbons (Fsp3) is 0.500. The number of halogens is 1. The molecule has 0 bridgehead atoms. The molecule has 3 heterocycles. The van der Waals surface area contributed by atoms with Gasteiger partial charge in [-0.1, -0.05) is 0 Å². The number of hydrogen-bond donors (Lipinski definition) is 4. The third kappa shape index (κ3) is 1.77. The van der Waals surface area contributed by atoms with Crippen LogP contribution in [0, 0.1) is 0 Å². The second-order valence-corrected chi connectivity index (χ2v) is 4.46. The van der Waals surface area contributed by atoms with Gasteiger partial charge in [0.1, 0.15) is 23.5 Å². The summed E-state index contributed by atoms with van der Waals surface area (Å²) in [7, 11) is 0. The number of H-pyrrole nitrogens is 1. The van der Waals surface area contributed by atoms with Gasteiger partial charge in [0.25, 0.3) is 0 Å². The molecular weight excluding hydrogens is 273 g/mol. The van der Waals surface area contributed by atoms with Crippen LogP contribution in [0.25, 0.3) is 11.2 Å². The molecule has 0 aliphatic carbocycles. The summed E-state index contributed by atoms with van der Waals surface area (Å²) in [5.74, 6) is 0.00594. The van der Waals surface area contributed by atoms with Crippen molar-refractivity contribution in [3.8, 4) is 0 Å². The van der Waals surface area contributed by atoms with Crippen molar-refractivity contribution >= 4 is 17.0 Å². The molecule has 10 heteroatoms. The molecule has 2 aromatic rings. The molecule has 1 saturated heterocycles. The zero-order valence-electron chi connectivity index (χ0n) is 10.1. The molecule has 2 aromatic heterocycles. The first-order chi connectivity index (χ1) is 9.52. The number of nitrogens with two attached hydrogens (primary N) is 1. The Kier molecular flexibility index (Phi) is 2.92. The van der Waals surface area contributed by atoms with Crippen molar-refractivity contribution in [2.75, 3.05) is 12.3 Å². The van der Waals surface area contributed by atoms with E-state index in [1.54, 1.807) is 0 Å². The standard InChI is InChI=1S/C10H12FN5O4/c11-4-6(18)3(1-17)20-9(4)16-2-13-5-7(12)14-10(19)15-8(5)16/h2-4,6,9,17-18H,1H2,(H3,12,14,15,19)/t3-,4?,6+,9-/m1/s1. The van der Waals surface area contributed by atoms with Gasteiger partial charge in [-0.15, -0.1) is 0 Å². The summed E-state index contributed by atoms with van der Waals surface area (Å²) in [5, 5.41) is 18.6. The lowest BCUT2D eigenvalue weighted by Crippen LogP contribution is -2.30. The molecule has 1 aliphatic heterocycles.